The van der Waals surface area contributed by atoms with Crippen LogP contribution in [0.15, 0.2) is 41.2 Å². The highest BCUT2D eigenvalue weighted by molar-refractivity contribution is 6.50. The van der Waals surface area contributed by atoms with Crippen LogP contribution in [-0.4, -0.2) is 21.0 Å². The Morgan fingerprint density at radius 3 is 2.60 bits per heavy atom. The van der Waals surface area contributed by atoms with Gasteiger partial charge in [0.2, 0.25) is 0 Å². The number of fused-ring (bicyclic) bond motifs is 1. The number of aromatic amines is 1. The smallest absolute Gasteiger partial charge is 0.335 e. The standard InChI is InChI=1S/C17H9ClF2N2O3/c18-11(5-8-1-4-12(19)13(20)6-8)15-21-14-7-9(17(24)25)2-3-10(14)16(23)22-15/h1-7H,(H,24,25)(H,21,22,23)/b11-5-. The zero-order chi connectivity index (χ0) is 18.1. The molecule has 0 spiro atoms. The lowest BCUT2D eigenvalue weighted by molar-refractivity contribution is 0.0697. The SMILES string of the molecule is O=C(O)c1ccc2c(=O)[nH]c(/C(Cl)=C/c3ccc(F)c(F)c3)nc2c1. The first-order valence-electron chi connectivity index (χ1n) is 6.95. The van der Waals surface area contributed by atoms with Crippen LogP contribution in [0.1, 0.15) is 21.7 Å². The zero-order valence-corrected chi connectivity index (χ0v) is 13.1. The average molecular weight is 363 g/mol. The van der Waals surface area contributed by atoms with Crippen molar-refractivity contribution in [1.82, 2.24) is 9.97 Å². The minimum Gasteiger partial charge on any atom is -0.478 e. The molecular formula is C17H9ClF2N2O3. The van der Waals surface area contributed by atoms with Crippen molar-refractivity contribution in [3.63, 3.8) is 0 Å². The number of H-pyrrole nitrogens is 1. The van der Waals surface area contributed by atoms with Gasteiger partial charge in [-0.15, -0.1) is 0 Å². The van der Waals surface area contributed by atoms with Crippen LogP contribution in [0.5, 0.6) is 0 Å². The molecule has 0 saturated carbocycles. The Bertz CT molecular complexity index is 1090. The van der Waals surface area contributed by atoms with Gasteiger partial charge in [-0.05, 0) is 42.0 Å². The number of carboxylic acids is 1. The van der Waals surface area contributed by atoms with Crippen molar-refractivity contribution in [1.29, 1.82) is 0 Å². The van der Waals surface area contributed by atoms with Crippen LogP contribution < -0.4 is 5.56 Å². The van der Waals surface area contributed by atoms with E-state index in [0.29, 0.717) is 0 Å². The summed E-state index contributed by atoms with van der Waals surface area (Å²) < 4.78 is 26.2. The fourth-order valence-electron chi connectivity index (χ4n) is 2.20. The topological polar surface area (TPSA) is 83.0 Å². The van der Waals surface area contributed by atoms with Gasteiger partial charge < -0.3 is 10.1 Å². The third-order valence-corrected chi connectivity index (χ3v) is 3.70. The van der Waals surface area contributed by atoms with Crippen LogP contribution in [0, 0.1) is 11.6 Å². The van der Waals surface area contributed by atoms with Crippen LogP contribution in [-0.2, 0) is 0 Å². The number of nitrogens with zero attached hydrogens (tertiary/aromatic N) is 1. The Morgan fingerprint density at radius 1 is 1.16 bits per heavy atom. The fraction of sp³-hybridized carbons (Fsp3) is 0. The minimum absolute atomic E-state index is 0.0218. The van der Waals surface area contributed by atoms with E-state index in [1.807, 2.05) is 0 Å². The van der Waals surface area contributed by atoms with Gasteiger partial charge in [-0.25, -0.2) is 18.6 Å². The molecule has 0 unspecified atom stereocenters. The predicted octanol–water partition coefficient (Wildman–Crippen LogP) is 3.64. The highest BCUT2D eigenvalue weighted by Gasteiger charge is 2.10. The summed E-state index contributed by atoms with van der Waals surface area (Å²) in [5.41, 5.74) is -0.118. The largest absolute Gasteiger partial charge is 0.478 e. The van der Waals surface area contributed by atoms with E-state index in [9.17, 15) is 18.4 Å². The Labute approximate surface area is 144 Å². The second kappa shape index (κ2) is 6.45. The lowest BCUT2D eigenvalue weighted by Gasteiger charge is -2.04. The fourth-order valence-corrected chi connectivity index (χ4v) is 2.42. The molecule has 0 bridgehead atoms. The molecule has 0 aliphatic carbocycles. The lowest BCUT2D eigenvalue weighted by Crippen LogP contribution is -2.11. The number of aromatic nitrogens is 2. The van der Waals surface area contributed by atoms with Gasteiger partial charge in [-0.3, -0.25) is 4.79 Å². The molecule has 0 amide bonds. The maximum Gasteiger partial charge on any atom is 0.335 e. The lowest BCUT2D eigenvalue weighted by atomic mass is 10.1. The van der Waals surface area contributed by atoms with Gasteiger partial charge in [0, 0.05) is 0 Å². The first kappa shape index (κ1) is 16.8. The van der Waals surface area contributed by atoms with Crippen molar-refractivity contribution in [2.75, 3.05) is 0 Å². The average Bonchev–Trinajstić information content (AvgIpc) is 2.57. The van der Waals surface area contributed by atoms with Crippen LogP contribution >= 0.6 is 11.6 Å². The maximum atomic E-state index is 13.2. The predicted molar refractivity (Wildman–Crippen MR) is 89.4 cm³/mol. The Hall–Kier alpha value is -3.06. The number of aromatic carboxylic acids is 1. The number of carbonyl (C=O) groups is 1. The van der Waals surface area contributed by atoms with E-state index in [1.54, 1.807) is 0 Å². The molecule has 0 aliphatic heterocycles. The molecular weight excluding hydrogens is 354 g/mol. The quantitative estimate of drug-likeness (QED) is 0.745. The van der Waals surface area contributed by atoms with Crippen molar-refractivity contribution in [3.8, 4) is 0 Å². The number of benzene rings is 2. The Balaban J connectivity index is 2.10. The third-order valence-electron chi connectivity index (χ3n) is 3.42. The molecule has 1 aromatic heterocycles. The van der Waals surface area contributed by atoms with Gasteiger partial charge in [-0.1, -0.05) is 17.7 Å². The highest BCUT2D eigenvalue weighted by Crippen LogP contribution is 2.21. The summed E-state index contributed by atoms with van der Waals surface area (Å²) in [5, 5.41) is 9.20. The van der Waals surface area contributed by atoms with E-state index in [2.05, 4.69) is 9.97 Å². The van der Waals surface area contributed by atoms with E-state index in [-0.39, 0.29) is 32.9 Å². The van der Waals surface area contributed by atoms with Crippen molar-refractivity contribution in [2.45, 2.75) is 0 Å². The number of carboxylic acid groups (broad SMARTS) is 1. The third kappa shape index (κ3) is 3.41. The molecule has 3 rings (SSSR count). The molecule has 1 heterocycles. The summed E-state index contributed by atoms with van der Waals surface area (Å²) in [6.45, 7) is 0. The van der Waals surface area contributed by atoms with Crippen molar-refractivity contribution in [3.05, 3.63) is 75.3 Å². The molecule has 2 aromatic carbocycles. The van der Waals surface area contributed by atoms with E-state index >= 15 is 0 Å². The normalized spacial score (nSPS) is 11.7. The molecule has 5 nitrogen and oxygen atoms in total. The minimum atomic E-state index is -1.16. The maximum absolute atomic E-state index is 13.2. The van der Waals surface area contributed by atoms with E-state index < -0.39 is 23.2 Å². The summed E-state index contributed by atoms with van der Waals surface area (Å²) in [6, 6.07) is 7.09. The monoisotopic (exact) mass is 362 g/mol. The van der Waals surface area contributed by atoms with E-state index in [1.165, 1.54) is 30.3 Å². The number of hydrogen-bond donors (Lipinski definition) is 2. The zero-order valence-electron chi connectivity index (χ0n) is 12.4. The highest BCUT2D eigenvalue weighted by atomic mass is 35.5. The molecule has 3 aromatic rings. The molecule has 2 N–H and O–H groups in total. The van der Waals surface area contributed by atoms with Gasteiger partial charge in [-0.2, -0.15) is 0 Å². The van der Waals surface area contributed by atoms with Crippen LogP contribution in [0.25, 0.3) is 22.0 Å². The number of nitrogens with one attached hydrogen (secondary N) is 1. The Morgan fingerprint density at radius 2 is 1.92 bits per heavy atom. The summed E-state index contributed by atoms with van der Waals surface area (Å²) in [6.07, 6.45) is 1.30. The summed E-state index contributed by atoms with van der Waals surface area (Å²) >= 11 is 6.10. The van der Waals surface area contributed by atoms with Gasteiger partial charge in [0.05, 0.1) is 21.5 Å². The Kier molecular flexibility index (Phi) is 4.33. The number of halogens is 3. The summed E-state index contributed by atoms with van der Waals surface area (Å²) in [4.78, 5) is 29.7. The molecule has 0 atom stereocenters. The van der Waals surface area contributed by atoms with Crippen LogP contribution in [0.3, 0.4) is 0 Å². The summed E-state index contributed by atoms with van der Waals surface area (Å²) in [7, 11) is 0. The molecule has 8 heteroatoms. The van der Waals surface area contributed by atoms with Gasteiger partial charge in [0.25, 0.3) is 5.56 Å². The molecule has 0 fully saturated rings. The first-order valence-corrected chi connectivity index (χ1v) is 7.33. The van der Waals surface area contributed by atoms with Gasteiger partial charge >= 0.3 is 5.97 Å². The second-order valence-corrected chi connectivity index (χ2v) is 5.52. The molecule has 25 heavy (non-hydrogen) atoms. The molecule has 126 valence electrons. The number of rotatable bonds is 3. The van der Waals surface area contributed by atoms with Gasteiger partial charge in [0.1, 0.15) is 0 Å². The van der Waals surface area contributed by atoms with Gasteiger partial charge in [0.15, 0.2) is 17.5 Å². The molecule has 0 aliphatic rings. The van der Waals surface area contributed by atoms with Crippen molar-refractivity contribution < 1.29 is 18.7 Å². The van der Waals surface area contributed by atoms with Crippen LogP contribution in [0.2, 0.25) is 0 Å². The van der Waals surface area contributed by atoms with E-state index in [0.717, 1.165) is 12.1 Å². The van der Waals surface area contributed by atoms with Crippen LogP contribution in [0.4, 0.5) is 8.78 Å². The molecule has 0 radical (unpaired) electrons. The second-order valence-electron chi connectivity index (χ2n) is 5.12. The van der Waals surface area contributed by atoms with E-state index in [4.69, 9.17) is 16.7 Å². The van der Waals surface area contributed by atoms with Crippen molar-refractivity contribution in [2.24, 2.45) is 0 Å². The van der Waals surface area contributed by atoms with Crippen molar-refractivity contribution >= 4 is 39.6 Å². The molecule has 0 saturated heterocycles. The first-order chi connectivity index (χ1) is 11.8. The summed E-state index contributed by atoms with van der Waals surface area (Å²) in [5.74, 6) is -3.21. The number of hydrogen-bond acceptors (Lipinski definition) is 3.